The van der Waals surface area contributed by atoms with Crippen molar-refractivity contribution in [3.05, 3.63) is 0 Å². The van der Waals surface area contributed by atoms with Gasteiger partial charge in [-0.15, -0.1) is 0 Å². The molecule has 3 heteroatoms. The average molecular weight is 243 g/mol. The minimum absolute atomic E-state index is 0.0844. The molecule has 0 unspecified atom stereocenters. The van der Waals surface area contributed by atoms with Crippen LogP contribution in [0, 0.1) is 0 Å². The largest absolute Gasteiger partial charge is 0.379 e. The van der Waals surface area contributed by atoms with E-state index in [1.807, 2.05) is 7.05 Å². The van der Waals surface area contributed by atoms with Crippen molar-refractivity contribution in [1.82, 2.24) is 5.32 Å². The smallest absolute Gasteiger partial charge is 0.0807 e. The average Bonchev–Trinajstić information content (AvgIpc) is 2.35. The monoisotopic (exact) mass is 243 g/mol. The molecular weight excluding hydrogens is 214 g/mol. The molecule has 0 amide bonds. The lowest BCUT2D eigenvalue weighted by atomic mass is 9.84. The molecule has 1 fully saturated rings. The van der Waals surface area contributed by atoms with Crippen molar-refractivity contribution in [1.29, 1.82) is 0 Å². The van der Waals surface area contributed by atoms with E-state index >= 15 is 0 Å². The molecule has 0 aromatic rings. The standard InChI is InChI=1S/C14H29NO2/c1-3-4-10-16-11-12-17-14(13-15-2)8-6-5-7-9-14/h15H,3-13H2,1-2H3. The van der Waals surface area contributed by atoms with E-state index in [9.17, 15) is 0 Å². The van der Waals surface area contributed by atoms with Gasteiger partial charge in [-0.05, 0) is 26.3 Å². The highest BCUT2D eigenvalue weighted by molar-refractivity contribution is 4.86. The van der Waals surface area contributed by atoms with Crippen LogP contribution in [0.1, 0.15) is 51.9 Å². The lowest BCUT2D eigenvalue weighted by Gasteiger charge is -2.37. The summed E-state index contributed by atoms with van der Waals surface area (Å²) in [6.07, 6.45) is 8.72. The zero-order chi connectivity index (χ0) is 12.4. The zero-order valence-electron chi connectivity index (χ0n) is 11.6. The van der Waals surface area contributed by atoms with Gasteiger partial charge < -0.3 is 14.8 Å². The van der Waals surface area contributed by atoms with Gasteiger partial charge in [0, 0.05) is 13.2 Å². The molecule has 1 saturated carbocycles. The molecule has 0 aliphatic heterocycles. The van der Waals surface area contributed by atoms with Crippen molar-refractivity contribution in [3.63, 3.8) is 0 Å². The molecule has 0 saturated heterocycles. The first-order valence-electron chi connectivity index (χ1n) is 7.19. The van der Waals surface area contributed by atoms with Gasteiger partial charge in [-0.3, -0.25) is 0 Å². The lowest BCUT2D eigenvalue weighted by molar-refractivity contribution is -0.0854. The fourth-order valence-corrected chi connectivity index (χ4v) is 2.56. The minimum Gasteiger partial charge on any atom is -0.379 e. The van der Waals surface area contributed by atoms with E-state index in [0.29, 0.717) is 0 Å². The maximum absolute atomic E-state index is 6.10. The van der Waals surface area contributed by atoms with Crippen LogP contribution in [0.5, 0.6) is 0 Å². The van der Waals surface area contributed by atoms with E-state index in [-0.39, 0.29) is 5.60 Å². The Morgan fingerprint density at radius 1 is 1.06 bits per heavy atom. The minimum atomic E-state index is 0.0844. The van der Waals surface area contributed by atoms with E-state index in [1.165, 1.54) is 38.5 Å². The molecule has 102 valence electrons. The summed E-state index contributed by atoms with van der Waals surface area (Å²) < 4.78 is 11.6. The predicted molar refractivity (Wildman–Crippen MR) is 71.4 cm³/mol. The first kappa shape index (κ1) is 14.9. The first-order valence-corrected chi connectivity index (χ1v) is 7.19. The highest BCUT2D eigenvalue weighted by Gasteiger charge is 2.31. The van der Waals surface area contributed by atoms with Crippen molar-refractivity contribution in [2.45, 2.75) is 57.5 Å². The Bertz CT molecular complexity index is 174. The fourth-order valence-electron chi connectivity index (χ4n) is 2.56. The van der Waals surface area contributed by atoms with Crippen LogP contribution in [-0.4, -0.2) is 39.0 Å². The third-order valence-corrected chi connectivity index (χ3v) is 3.54. The van der Waals surface area contributed by atoms with Gasteiger partial charge in [-0.2, -0.15) is 0 Å². The summed E-state index contributed by atoms with van der Waals surface area (Å²) in [6.45, 7) is 5.52. The molecule has 0 bridgehead atoms. The van der Waals surface area contributed by atoms with Crippen molar-refractivity contribution < 1.29 is 9.47 Å². The second-order valence-corrected chi connectivity index (χ2v) is 5.09. The number of rotatable bonds is 9. The molecule has 0 aromatic carbocycles. The Labute approximate surface area is 106 Å². The van der Waals surface area contributed by atoms with Crippen LogP contribution in [-0.2, 0) is 9.47 Å². The number of ether oxygens (including phenoxy) is 2. The van der Waals surface area contributed by atoms with Crippen LogP contribution in [0.15, 0.2) is 0 Å². The number of hydrogen-bond donors (Lipinski definition) is 1. The van der Waals surface area contributed by atoms with Crippen molar-refractivity contribution >= 4 is 0 Å². The van der Waals surface area contributed by atoms with E-state index in [1.54, 1.807) is 0 Å². The zero-order valence-corrected chi connectivity index (χ0v) is 11.6. The van der Waals surface area contributed by atoms with Crippen LogP contribution in [0.3, 0.4) is 0 Å². The van der Waals surface area contributed by atoms with Crippen LogP contribution in [0.2, 0.25) is 0 Å². The van der Waals surface area contributed by atoms with Gasteiger partial charge in [0.15, 0.2) is 0 Å². The van der Waals surface area contributed by atoms with Crippen LogP contribution in [0.4, 0.5) is 0 Å². The Morgan fingerprint density at radius 2 is 1.82 bits per heavy atom. The molecule has 0 radical (unpaired) electrons. The quantitative estimate of drug-likeness (QED) is 0.632. The highest BCUT2D eigenvalue weighted by atomic mass is 16.5. The van der Waals surface area contributed by atoms with E-state index < -0.39 is 0 Å². The normalized spacial score (nSPS) is 19.4. The molecule has 1 N–H and O–H groups in total. The molecule has 3 nitrogen and oxygen atoms in total. The van der Waals surface area contributed by atoms with Crippen LogP contribution >= 0.6 is 0 Å². The SMILES string of the molecule is CCCCOCCOC1(CNC)CCCCC1. The molecule has 1 aliphatic carbocycles. The van der Waals surface area contributed by atoms with E-state index in [2.05, 4.69) is 12.2 Å². The van der Waals surface area contributed by atoms with Crippen LogP contribution in [0.25, 0.3) is 0 Å². The van der Waals surface area contributed by atoms with Gasteiger partial charge in [0.25, 0.3) is 0 Å². The second kappa shape index (κ2) is 8.90. The molecule has 0 heterocycles. The summed E-state index contributed by atoms with van der Waals surface area (Å²) in [5.41, 5.74) is 0.0844. The number of hydrogen-bond acceptors (Lipinski definition) is 3. The maximum atomic E-state index is 6.10. The van der Waals surface area contributed by atoms with Crippen LogP contribution < -0.4 is 5.32 Å². The summed E-state index contributed by atoms with van der Waals surface area (Å²) in [6, 6.07) is 0. The highest BCUT2D eigenvalue weighted by Crippen LogP contribution is 2.30. The van der Waals surface area contributed by atoms with Crippen molar-refractivity contribution in [2.75, 3.05) is 33.4 Å². The molecular formula is C14H29NO2. The molecule has 0 atom stereocenters. The first-order chi connectivity index (χ1) is 8.33. The molecule has 17 heavy (non-hydrogen) atoms. The third kappa shape index (κ3) is 5.84. The molecule has 1 rings (SSSR count). The lowest BCUT2D eigenvalue weighted by Crippen LogP contribution is -2.44. The Balaban J connectivity index is 2.15. The summed E-state index contributed by atoms with van der Waals surface area (Å²) in [4.78, 5) is 0. The van der Waals surface area contributed by atoms with Gasteiger partial charge in [-0.1, -0.05) is 32.6 Å². The Hall–Kier alpha value is -0.120. The van der Waals surface area contributed by atoms with Gasteiger partial charge in [0.05, 0.1) is 18.8 Å². The summed E-state index contributed by atoms with van der Waals surface area (Å²) in [7, 11) is 2.01. The molecule has 0 aromatic heterocycles. The van der Waals surface area contributed by atoms with Crippen molar-refractivity contribution in [2.24, 2.45) is 0 Å². The van der Waals surface area contributed by atoms with E-state index in [0.717, 1.165) is 32.8 Å². The number of nitrogens with one attached hydrogen (secondary N) is 1. The number of unbranched alkanes of at least 4 members (excludes halogenated alkanes) is 1. The maximum Gasteiger partial charge on any atom is 0.0807 e. The third-order valence-electron chi connectivity index (χ3n) is 3.54. The molecule has 1 aliphatic rings. The van der Waals surface area contributed by atoms with E-state index in [4.69, 9.17) is 9.47 Å². The predicted octanol–water partition coefficient (Wildman–Crippen LogP) is 2.74. The second-order valence-electron chi connectivity index (χ2n) is 5.09. The van der Waals surface area contributed by atoms with Gasteiger partial charge in [0.1, 0.15) is 0 Å². The van der Waals surface area contributed by atoms with Gasteiger partial charge in [0.2, 0.25) is 0 Å². The van der Waals surface area contributed by atoms with Gasteiger partial charge >= 0.3 is 0 Å². The number of likely N-dealkylation sites (N-methyl/N-ethyl adjacent to an activating group) is 1. The fraction of sp³-hybridized carbons (Fsp3) is 1.00. The van der Waals surface area contributed by atoms with Crippen molar-refractivity contribution in [3.8, 4) is 0 Å². The summed E-state index contributed by atoms with van der Waals surface area (Å²) >= 11 is 0. The Kier molecular flexibility index (Phi) is 7.82. The summed E-state index contributed by atoms with van der Waals surface area (Å²) in [5.74, 6) is 0. The Morgan fingerprint density at radius 3 is 2.47 bits per heavy atom. The molecule has 0 spiro atoms. The topological polar surface area (TPSA) is 30.5 Å². The summed E-state index contributed by atoms with van der Waals surface area (Å²) in [5, 5.41) is 3.27. The van der Waals surface area contributed by atoms with Gasteiger partial charge in [-0.25, -0.2) is 0 Å².